The Balaban J connectivity index is 1.95. The van der Waals surface area contributed by atoms with Crippen molar-refractivity contribution in [1.82, 2.24) is 5.32 Å². The van der Waals surface area contributed by atoms with Gasteiger partial charge in [0.15, 0.2) is 0 Å². The number of rotatable bonds is 3. The predicted molar refractivity (Wildman–Crippen MR) is 60.5 cm³/mol. The van der Waals surface area contributed by atoms with Crippen molar-refractivity contribution in [2.24, 2.45) is 0 Å². The van der Waals surface area contributed by atoms with Gasteiger partial charge in [-0.2, -0.15) is 0 Å². The zero-order valence-electron chi connectivity index (χ0n) is 8.52. The average Bonchev–Trinajstić information content (AvgIpc) is 2.14. The Morgan fingerprint density at radius 1 is 1.36 bits per heavy atom. The van der Waals surface area contributed by atoms with Crippen molar-refractivity contribution < 1.29 is 0 Å². The Bertz CT molecular complexity index is 318. The summed E-state index contributed by atoms with van der Waals surface area (Å²) >= 11 is 6.07. The predicted octanol–water partition coefficient (Wildman–Crippen LogP) is 3.37. The molecule has 0 spiro atoms. The van der Waals surface area contributed by atoms with Gasteiger partial charge in [-0.3, -0.25) is 0 Å². The molecule has 1 nitrogen and oxygen atoms in total. The van der Waals surface area contributed by atoms with Crippen LogP contribution in [0.15, 0.2) is 24.3 Å². The Morgan fingerprint density at radius 3 is 2.64 bits per heavy atom. The Morgan fingerprint density at radius 2 is 2.07 bits per heavy atom. The first-order valence-electron chi connectivity index (χ1n) is 5.18. The normalized spacial score (nSPS) is 19.0. The molecule has 0 amide bonds. The highest BCUT2D eigenvalue weighted by molar-refractivity contribution is 6.31. The van der Waals surface area contributed by atoms with E-state index >= 15 is 0 Å². The number of hydrogen-bond acceptors (Lipinski definition) is 1. The van der Waals surface area contributed by atoms with Gasteiger partial charge < -0.3 is 5.32 Å². The molecule has 0 saturated heterocycles. The lowest BCUT2D eigenvalue weighted by Crippen LogP contribution is -2.47. The summed E-state index contributed by atoms with van der Waals surface area (Å²) < 4.78 is 0. The van der Waals surface area contributed by atoms with Crippen LogP contribution in [0.5, 0.6) is 0 Å². The molecule has 0 atom stereocenters. The van der Waals surface area contributed by atoms with Crippen LogP contribution in [0.4, 0.5) is 0 Å². The Labute approximate surface area is 90.5 Å². The molecular formula is C12H16ClN. The van der Waals surface area contributed by atoms with Gasteiger partial charge in [-0.15, -0.1) is 0 Å². The molecule has 0 unspecified atom stereocenters. The van der Waals surface area contributed by atoms with Gasteiger partial charge in [0.2, 0.25) is 0 Å². The maximum atomic E-state index is 6.07. The average molecular weight is 210 g/mol. The van der Waals surface area contributed by atoms with E-state index in [0.717, 1.165) is 11.6 Å². The summed E-state index contributed by atoms with van der Waals surface area (Å²) in [5, 5.41) is 4.43. The summed E-state index contributed by atoms with van der Waals surface area (Å²) in [5.74, 6) is 0. The molecule has 14 heavy (non-hydrogen) atoms. The lowest BCUT2D eigenvalue weighted by atomic mass is 9.78. The Hall–Kier alpha value is -0.530. The van der Waals surface area contributed by atoms with E-state index < -0.39 is 0 Å². The zero-order chi connectivity index (χ0) is 10.0. The molecule has 1 aliphatic carbocycles. The first-order chi connectivity index (χ1) is 6.70. The maximum Gasteiger partial charge on any atom is 0.0450 e. The third-order valence-corrected chi connectivity index (χ3v) is 3.49. The molecule has 1 aromatic carbocycles. The SMILES string of the molecule is CC1(NCc2ccccc2Cl)CCC1. The van der Waals surface area contributed by atoms with Crippen LogP contribution in [0, 0.1) is 0 Å². The summed E-state index contributed by atoms with van der Waals surface area (Å²) in [6, 6.07) is 8.03. The molecule has 76 valence electrons. The number of benzene rings is 1. The highest BCUT2D eigenvalue weighted by Crippen LogP contribution is 2.31. The monoisotopic (exact) mass is 209 g/mol. The van der Waals surface area contributed by atoms with Gasteiger partial charge in [0.1, 0.15) is 0 Å². The molecule has 1 N–H and O–H groups in total. The van der Waals surface area contributed by atoms with Gasteiger partial charge in [0.05, 0.1) is 0 Å². The molecular weight excluding hydrogens is 194 g/mol. The van der Waals surface area contributed by atoms with E-state index in [2.05, 4.69) is 18.3 Å². The van der Waals surface area contributed by atoms with Gasteiger partial charge in [-0.25, -0.2) is 0 Å². The van der Waals surface area contributed by atoms with Gasteiger partial charge in [-0.05, 0) is 37.8 Å². The number of hydrogen-bond donors (Lipinski definition) is 1. The summed E-state index contributed by atoms with van der Waals surface area (Å²) in [6.45, 7) is 3.17. The van der Waals surface area contributed by atoms with Gasteiger partial charge in [0, 0.05) is 17.1 Å². The van der Waals surface area contributed by atoms with E-state index in [1.54, 1.807) is 0 Å². The first kappa shape index (κ1) is 10.0. The highest BCUT2D eigenvalue weighted by atomic mass is 35.5. The molecule has 0 heterocycles. The molecule has 0 aromatic heterocycles. The molecule has 0 aliphatic heterocycles. The van der Waals surface area contributed by atoms with Crippen LogP contribution in [0.1, 0.15) is 31.7 Å². The topological polar surface area (TPSA) is 12.0 Å². The molecule has 1 fully saturated rings. The van der Waals surface area contributed by atoms with Crippen LogP contribution in [0.2, 0.25) is 5.02 Å². The lowest BCUT2D eigenvalue weighted by Gasteiger charge is -2.39. The standard InChI is InChI=1S/C12H16ClN/c1-12(7-4-8-12)14-9-10-5-2-3-6-11(10)13/h2-3,5-6,14H,4,7-9H2,1H3. The Kier molecular flexibility index (Phi) is 2.80. The second-order valence-electron chi connectivity index (χ2n) is 4.36. The van der Waals surface area contributed by atoms with E-state index in [9.17, 15) is 0 Å². The highest BCUT2D eigenvalue weighted by Gasteiger charge is 2.30. The minimum absolute atomic E-state index is 0.360. The molecule has 1 saturated carbocycles. The van der Waals surface area contributed by atoms with Crippen molar-refractivity contribution in [3.05, 3.63) is 34.9 Å². The van der Waals surface area contributed by atoms with E-state index in [1.165, 1.54) is 24.8 Å². The third-order valence-electron chi connectivity index (χ3n) is 3.12. The largest absolute Gasteiger partial charge is 0.307 e. The molecule has 0 radical (unpaired) electrons. The summed E-state index contributed by atoms with van der Waals surface area (Å²) in [4.78, 5) is 0. The summed E-state index contributed by atoms with van der Waals surface area (Å²) in [6.07, 6.45) is 3.93. The van der Waals surface area contributed by atoms with Crippen molar-refractivity contribution in [3.63, 3.8) is 0 Å². The van der Waals surface area contributed by atoms with Crippen LogP contribution in [0.3, 0.4) is 0 Å². The van der Waals surface area contributed by atoms with Crippen molar-refractivity contribution in [2.75, 3.05) is 0 Å². The summed E-state index contributed by atoms with van der Waals surface area (Å²) in [5.41, 5.74) is 1.56. The molecule has 2 rings (SSSR count). The number of nitrogens with one attached hydrogen (secondary N) is 1. The minimum Gasteiger partial charge on any atom is -0.307 e. The van der Waals surface area contributed by atoms with Crippen molar-refractivity contribution >= 4 is 11.6 Å². The fourth-order valence-corrected chi connectivity index (χ4v) is 2.04. The molecule has 1 aromatic rings. The molecule has 0 bridgehead atoms. The van der Waals surface area contributed by atoms with Crippen molar-refractivity contribution in [3.8, 4) is 0 Å². The fraction of sp³-hybridized carbons (Fsp3) is 0.500. The number of halogens is 1. The minimum atomic E-state index is 0.360. The maximum absolute atomic E-state index is 6.07. The van der Waals surface area contributed by atoms with Gasteiger partial charge in [-0.1, -0.05) is 29.8 Å². The van der Waals surface area contributed by atoms with E-state index in [4.69, 9.17) is 11.6 Å². The van der Waals surface area contributed by atoms with Gasteiger partial charge >= 0.3 is 0 Å². The first-order valence-corrected chi connectivity index (χ1v) is 5.56. The third kappa shape index (κ3) is 2.10. The molecule has 1 aliphatic rings. The van der Waals surface area contributed by atoms with Crippen LogP contribution in [-0.2, 0) is 6.54 Å². The lowest BCUT2D eigenvalue weighted by molar-refractivity contribution is 0.207. The van der Waals surface area contributed by atoms with E-state index in [-0.39, 0.29) is 0 Å². The van der Waals surface area contributed by atoms with E-state index in [0.29, 0.717) is 5.54 Å². The second kappa shape index (κ2) is 3.92. The van der Waals surface area contributed by atoms with Crippen LogP contribution < -0.4 is 5.32 Å². The summed E-state index contributed by atoms with van der Waals surface area (Å²) in [7, 11) is 0. The van der Waals surface area contributed by atoms with E-state index in [1.807, 2.05) is 18.2 Å². The second-order valence-corrected chi connectivity index (χ2v) is 4.77. The van der Waals surface area contributed by atoms with Gasteiger partial charge in [0.25, 0.3) is 0 Å². The van der Waals surface area contributed by atoms with Crippen LogP contribution in [-0.4, -0.2) is 5.54 Å². The van der Waals surface area contributed by atoms with Crippen LogP contribution in [0.25, 0.3) is 0 Å². The van der Waals surface area contributed by atoms with Crippen LogP contribution >= 0.6 is 11.6 Å². The fourth-order valence-electron chi connectivity index (χ4n) is 1.83. The zero-order valence-corrected chi connectivity index (χ0v) is 9.27. The molecule has 2 heteroatoms. The smallest absolute Gasteiger partial charge is 0.0450 e. The van der Waals surface area contributed by atoms with Crippen molar-refractivity contribution in [2.45, 2.75) is 38.3 Å². The quantitative estimate of drug-likeness (QED) is 0.805. The van der Waals surface area contributed by atoms with Crippen molar-refractivity contribution in [1.29, 1.82) is 0 Å².